The summed E-state index contributed by atoms with van der Waals surface area (Å²) in [7, 11) is 1.67. The number of hydrogen-bond acceptors (Lipinski definition) is 3. The molecule has 2 atom stereocenters. The molecule has 1 aliphatic carbocycles. The minimum atomic E-state index is -0.750. The monoisotopic (exact) mass is 215 g/mol. The van der Waals surface area contributed by atoms with Crippen LogP contribution in [-0.2, 0) is 9.53 Å². The van der Waals surface area contributed by atoms with E-state index < -0.39 is 5.97 Å². The van der Waals surface area contributed by atoms with E-state index in [1.165, 1.54) is 0 Å². The van der Waals surface area contributed by atoms with Crippen LogP contribution in [0.4, 0.5) is 0 Å². The average molecular weight is 215 g/mol. The highest BCUT2D eigenvalue weighted by atomic mass is 16.5. The first-order chi connectivity index (χ1) is 7.14. The first kappa shape index (κ1) is 12.5. The molecule has 0 aromatic carbocycles. The molecule has 0 amide bonds. The van der Waals surface area contributed by atoms with E-state index in [9.17, 15) is 4.79 Å². The molecule has 4 nitrogen and oxygen atoms in total. The molecule has 0 heterocycles. The molecule has 0 aliphatic heterocycles. The molecular formula is C11H21NO3. The third-order valence-corrected chi connectivity index (χ3v) is 3.24. The summed E-state index contributed by atoms with van der Waals surface area (Å²) in [4.78, 5) is 10.9. The number of carboxylic acids is 1. The van der Waals surface area contributed by atoms with Crippen LogP contribution >= 0.6 is 0 Å². The Morgan fingerprint density at radius 3 is 2.87 bits per heavy atom. The van der Waals surface area contributed by atoms with Gasteiger partial charge in [0.05, 0.1) is 18.1 Å². The Kier molecular flexibility index (Phi) is 4.54. The minimum absolute atomic E-state index is 0.0299. The van der Waals surface area contributed by atoms with Crippen molar-refractivity contribution in [3.8, 4) is 0 Å². The fourth-order valence-corrected chi connectivity index (χ4v) is 2.64. The Bertz CT molecular complexity index is 216. The second-order valence-electron chi connectivity index (χ2n) is 4.23. The van der Waals surface area contributed by atoms with Gasteiger partial charge < -0.3 is 15.2 Å². The Morgan fingerprint density at radius 1 is 1.60 bits per heavy atom. The molecule has 0 radical (unpaired) electrons. The fraction of sp³-hybridized carbons (Fsp3) is 0.909. The van der Waals surface area contributed by atoms with Gasteiger partial charge in [0.15, 0.2) is 0 Å². The van der Waals surface area contributed by atoms with Crippen LogP contribution in [0.3, 0.4) is 0 Å². The number of likely N-dealkylation sites (N-methyl/N-ethyl adjacent to an activating group) is 1. The molecular weight excluding hydrogens is 194 g/mol. The molecule has 1 fully saturated rings. The van der Waals surface area contributed by atoms with E-state index in [-0.39, 0.29) is 18.1 Å². The second kappa shape index (κ2) is 5.47. The van der Waals surface area contributed by atoms with Crippen LogP contribution in [0, 0.1) is 0 Å². The molecule has 1 saturated carbocycles. The van der Waals surface area contributed by atoms with Crippen molar-refractivity contribution >= 4 is 5.97 Å². The lowest BCUT2D eigenvalue weighted by Crippen LogP contribution is -2.57. The highest BCUT2D eigenvalue weighted by molar-refractivity contribution is 5.68. The smallest absolute Gasteiger partial charge is 0.305 e. The van der Waals surface area contributed by atoms with Gasteiger partial charge in [-0.2, -0.15) is 0 Å². The number of ether oxygens (including phenoxy) is 1. The Balaban J connectivity index is 2.78. The van der Waals surface area contributed by atoms with Crippen molar-refractivity contribution in [2.24, 2.45) is 0 Å². The Hall–Kier alpha value is -0.610. The molecule has 1 rings (SSSR count). The maximum absolute atomic E-state index is 10.9. The lowest BCUT2D eigenvalue weighted by atomic mass is 9.76. The summed E-state index contributed by atoms with van der Waals surface area (Å²) >= 11 is 0. The Labute approximate surface area is 91.0 Å². The second-order valence-corrected chi connectivity index (χ2v) is 4.23. The number of carboxylic acid groups (broad SMARTS) is 1. The van der Waals surface area contributed by atoms with Crippen molar-refractivity contribution < 1.29 is 14.6 Å². The number of carbonyl (C=O) groups is 1. The lowest BCUT2D eigenvalue weighted by Gasteiger charge is -2.43. The average Bonchev–Trinajstić information content (AvgIpc) is 2.17. The van der Waals surface area contributed by atoms with E-state index in [2.05, 4.69) is 5.32 Å². The molecule has 0 spiro atoms. The summed E-state index contributed by atoms with van der Waals surface area (Å²) in [6.45, 7) is 2.79. The molecule has 0 aromatic rings. The third kappa shape index (κ3) is 2.92. The first-order valence-electron chi connectivity index (χ1n) is 5.64. The lowest BCUT2D eigenvalue weighted by molar-refractivity contribution is -0.141. The van der Waals surface area contributed by atoms with Gasteiger partial charge in [-0.3, -0.25) is 4.79 Å². The molecule has 4 heteroatoms. The standard InChI is InChI=1S/C11H21NO3/c1-3-12-11(8-10(13)14)7-5-4-6-9(11)15-2/h9,12H,3-8H2,1-2H3,(H,13,14). The van der Waals surface area contributed by atoms with E-state index >= 15 is 0 Å². The van der Waals surface area contributed by atoms with Gasteiger partial charge in [-0.1, -0.05) is 19.8 Å². The number of rotatable bonds is 5. The number of nitrogens with one attached hydrogen (secondary N) is 1. The van der Waals surface area contributed by atoms with Gasteiger partial charge in [0.2, 0.25) is 0 Å². The summed E-state index contributed by atoms with van der Waals surface area (Å²) in [5.74, 6) is -0.750. The fourth-order valence-electron chi connectivity index (χ4n) is 2.64. The van der Waals surface area contributed by atoms with Gasteiger partial charge in [0.25, 0.3) is 0 Å². The van der Waals surface area contributed by atoms with Crippen molar-refractivity contribution in [1.82, 2.24) is 5.32 Å². The number of methoxy groups -OCH3 is 1. The van der Waals surface area contributed by atoms with Crippen LogP contribution in [-0.4, -0.2) is 36.4 Å². The van der Waals surface area contributed by atoms with E-state index in [0.717, 1.165) is 32.2 Å². The normalized spacial score (nSPS) is 31.5. The molecule has 15 heavy (non-hydrogen) atoms. The van der Waals surface area contributed by atoms with E-state index in [1.807, 2.05) is 6.92 Å². The molecule has 1 aliphatic rings. The van der Waals surface area contributed by atoms with Crippen molar-refractivity contribution in [2.45, 2.75) is 50.7 Å². The van der Waals surface area contributed by atoms with E-state index in [1.54, 1.807) is 7.11 Å². The third-order valence-electron chi connectivity index (χ3n) is 3.24. The molecule has 2 N–H and O–H groups in total. The van der Waals surface area contributed by atoms with Crippen LogP contribution in [0.25, 0.3) is 0 Å². The van der Waals surface area contributed by atoms with E-state index in [0.29, 0.717) is 0 Å². The zero-order valence-electron chi connectivity index (χ0n) is 9.58. The quantitative estimate of drug-likeness (QED) is 0.727. The van der Waals surface area contributed by atoms with Crippen LogP contribution in [0.2, 0.25) is 0 Å². The molecule has 0 aromatic heterocycles. The van der Waals surface area contributed by atoms with Gasteiger partial charge in [0, 0.05) is 7.11 Å². The Morgan fingerprint density at radius 2 is 2.33 bits per heavy atom. The van der Waals surface area contributed by atoms with Gasteiger partial charge in [-0.15, -0.1) is 0 Å². The zero-order chi connectivity index (χ0) is 11.3. The van der Waals surface area contributed by atoms with Crippen molar-refractivity contribution in [1.29, 1.82) is 0 Å². The molecule has 2 unspecified atom stereocenters. The largest absolute Gasteiger partial charge is 0.481 e. The van der Waals surface area contributed by atoms with Crippen molar-refractivity contribution in [2.75, 3.05) is 13.7 Å². The maximum Gasteiger partial charge on any atom is 0.305 e. The predicted molar refractivity (Wildman–Crippen MR) is 57.9 cm³/mol. The van der Waals surface area contributed by atoms with Gasteiger partial charge in [-0.25, -0.2) is 0 Å². The van der Waals surface area contributed by atoms with Gasteiger partial charge in [-0.05, 0) is 19.4 Å². The highest BCUT2D eigenvalue weighted by Gasteiger charge is 2.41. The molecule has 88 valence electrons. The van der Waals surface area contributed by atoms with Crippen LogP contribution < -0.4 is 5.32 Å². The maximum atomic E-state index is 10.9. The van der Waals surface area contributed by atoms with E-state index in [4.69, 9.17) is 9.84 Å². The SMILES string of the molecule is CCNC1(CC(=O)O)CCCCC1OC. The summed E-state index contributed by atoms with van der Waals surface area (Å²) in [5.41, 5.74) is -0.354. The predicted octanol–water partition coefficient (Wildman–Crippen LogP) is 1.40. The van der Waals surface area contributed by atoms with Crippen LogP contribution in [0.1, 0.15) is 39.0 Å². The summed E-state index contributed by atoms with van der Waals surface area (Å²) < 4.78 is 5.43. The zero-order valence-corrected chi connectivity index (χ0v) is 9.58. The number of hydrogen-bond donors (Lipinski definition) is 2. The topological polar surface area (TPSA) is 58.6 Å². The van der Waals surface area contributed by atoms with Crippen molar-refractivity contribution in [3.63, 3.8) is 0 Å². The molecule has 0 bridgehead atoms. The van der Waals surface area contributed by atoms with Crippen LogP contribution in [0.15, 0.2) is 0 Å². The van der Waals surface area contributed by atoms with Gasteiger partial charge in [0.1, 0.15) is 0 Å². The minimum Gasteiger partial charge on any atom is -0.481 e. The van der Waals surface area contributed by atoms with Crippen molar-refractivity contribution in [3.05, 3.63) is 0 Å². The van der Waals surface area contributed by atoms with Gasteiger partial charge >= 0.3 is 5.97 Å². The molecule has 0 saturated heterocycles. The first-order valence-corrected chi connectivity index (χ1v) is 5.64. The van der Waals surface area contributed by atoms with Crippen LogP contribution in [0.5, 0.6) is 0 Å². The highest BCUT2D eigenvalue weighted by Crippen LogP contribution is 2.33. The number of aliphatic carboxylic acids is 1. The summed E-state index contributed by atoms with van der Waals surface area (Å²) in [5, 5.41) is 12.3. The summed E-state index contributed by atoms with van der Waals surface area (Å²) in [6.07, 6.45) is 4.25. The summed E-state index contributed by atoms with van der Waals surface area (Å²) in [6, 6.07) is 0.